The van der Waals surface area contributed by atoms with Gasteiger partial charge in [0.15, 0.2) is 0 Å². The van der Waals surface area contributed by atoms with Crippen LogP contribution in [-0.2, 0) is 12.4 Å². The molecular formula is C18H13F6N3S. The Morgan fingerprint density at radius 1 is 0.893 bits per heavy atom. The highest BCUT2D eigenvalue weighted by atomic mass is 32.1. The zero-order chi connectivity index (χ0) is 20.9. The maximum Gasteiger partial charge on any atom is 0.416 e. The molecule has 10 heteroatoms. The van der Waals surface area contributed by atoms with Crippen molar-refractivity contribution in [2.24, 2.45) is 0 Å². The number of hydrogen-bond acceptors (Lipinski definition) is 2. The van der Waals surface area contributed by atoms with Crippen LogP contribution in [0, 0.1) is 13.8 Å². The van der Waals surface area contributed by atoms with Crippen LogP contribution in [0.4, 0.5) is 32.3 Å². The summed E-state index contributed by atoms with van der Waals surface area (Å²) in [5, 5.41) is 2.57. The predicted octanol–water partition coefficient (Wildman–Crippen LogP) is 6.00. The van der Waals surface area contributed by atoms with Crippen LogP contribution in [0.25, 0.3) is 11.0 Å². The molecule has 148 valence electrons. The molecule has 0 spiro atoms. The third kappa shape index (κ3) is 4.11. The molecule has 2 aromatic carbocycles. The van der Waals surface area contributed by atoms with E-state index in [4.69, 9.17) is 12.2 Å². The summed E-state index contributed by atoms with van der Waals surface area (Å²) in [4.78, 5) is 6.81. The molecule has 2 N–H and O–H groups in total. The van der Waals surface area contributed by atoms with Crippen molar-refractivity contribution in [1.29, 1.82) is 0 Å². The number of H-pyrrole nitrogens is 1. The summed E-state index contributed by atoms with van der Waals surface area (Å²) in [6, 6.07) is 4.83. The summed E-state index contributed by atoms with van der Waals surface area (Å²) in [7, 11) is 0. The highest BCUT2D eigenvalue weighted by Crippen LogP contribution is 2.36. The third-order valence-corrected chi connectivity index (χ3v) is 4.52. The molecule has 3 rings (SSSR count). The smallest absolute Gasteiger partial charge is 0.324 e. The Hall–Kier alpha value is -2.62. The van der Waals surface area contributed by atoms with Crippen molar-refractivity contribution in [2.75, 3.05) is 5.32 Å². The van der Waals surface area contributed by atoms with Crippen LogP contribution in [0.1, 0.15) is 27.8 Å². The van der Waals surface area contributed by atoms with Gasteiger partial charge in [-0.05, 0) is 55.3 Å². The molecule has 0 unspecified atom stereocenters. The van der Waals surface area contributed by atoms with Gasteiger partial charge >= 0.3 is 12.4 Å². The Bertz CT molecular complexity index is 994. The van der Waals surface area contributed by atoms with Crippen LogP contribution in [-0.4, -0.2) is 15.0 Å². The van der Waals surface area contributed by atoms with Crippen LogP contribution >= 0.6 is 12.2 Å². The third-order valence-electron chi connectivity index (χ3n) is 4.18. The molecule has 0 fully saturated rings. The van der Waals surface area contributed by atoms with Crippen molar-refractivity contribution in [3.8, 4) is 0 Å². The second-order valence-electron chi connectivity index (χ2n) is 6.29. The number of alkyl halides is 6. The van der Waals surface area contributed by atoms with Gasteiger partial charge in [0.1, 0.15) is 4.99 Å². The number of thiocarbonyl (C=S) groups is 1. The molecule has 0 saturated carbocycles. The number of aromatic nitrogens is 2. The van der Waals surface area contributed by atoms with E-state index < -0.39 is 29.0 Å². The van der Waals surface area contributed by atoms with E-state index in [-0.39, 0.29) is 17.0 Å². The van der Waals surface area contributed by atoms with E-state index >= 15 is 0 Å². The van der Waals surface area contributed by atoms with Crippen LogP contribution in [0.3, 0.4) is 0 Å². The van der Waals surface area contributed by atoms with Crippen molar-refractivity contribution < 1.29 is 26.3 Å². The molecule has 28 heavy (non-hydrogen) atoms. The standard InChI is InChI=1S/C18H13F6N3S/c1-8-3-13-14(4-9(8)2)26-16(25-13)27-15(28)10-5-11(17(19,20)21)7-12(6-10)18(22,23)24/h3-7H,1-2H3,(H2,25,26,27,28). The molecule has 3 nitrogen and oxygen atoms in total. The fraction of sp³-hybridized carbons (Fsp3) is 0.222. The second-order valence-corrected chi connectivity index (χ2v) is 6.70. The summed E-state index contributed by atoms with van der Waals surface area (Å²) >= 11 is 5.02. The first-order chi connectivity index (χ1) is 12.8. The summed E-state index contributed by atoms with van der Waals surface area (Å²) < 4.78 is 78.0. The molecule has 0 radical (unpaired) electrons. The van der Waals surface area contributed by atoms with E-state index in [0.717, 1.165) is 11.1 Å². The number of imidazole rings is 1. The number of aryl methyl sites for hydroxylation is 2. The van der Waals surface area contributed by atoms with Gasteiger partial charge in [0.25, 0.3) is 0 Å². The zero-order valence-corrected chi connectivity index (χ0v) is 15.3. The van der Waals surface area contributed by atoms with Crippen molar-refractivity contribution in [2.45, 2.75) is 26.2 Å². The molecule has 0 amide bonds. The first kappa shape index (κ1) is 20.1. The van der Waals surface area contributed by atoms with Crippen LogP contribution in [0.2, 0.25) is 0 Å². The molecule has 0 aliphatic rings. The van der Waals surface area contributed by atoms with E-state index in [2.05, 4.69) is 15.3 Å². The molecule has 0 aliphatic heterocycles. The van der Waals surface area contributed by atoms with E-state index in [1.54, 1.807) is 6.07 Å². The molecule has 0 atom stereocenters. The number of nitrogens with zero attached hydrogens (tertiary/aromatic N) is 1. The highest BCUT2D eigenvalue weighted by Gasteiger charge is 2.37. The van der Waals surface area contributed by atoms with Crippen molar-refractivity contribution in [3.63, 3.8) is 0 Å². The number of fused-ring (bicyclic) bond motifs is 1. The van der Waals surface area contributed by atoms with E-state index in [9.17, 15) is 26.3 Å². The van der Waals surface area contributed by atoms with Gasteiger partial charge < -0.3 is 10.3 Å². The SMILES string of the molecule is Cc1cc2nc(NC(=S)c3cc(C(F)(F)F)cc(C(F)(F)F)c3)[nH]c2cc1C. The number of nitrogens with one attached hydrogen (secondary N) is 2. The molecule has 3 aromatic rings. The first-order valence-corrected chi connectivity index (χ1v) is 8.33. The Kier molecular flexibility index (Phi) is 4.86. The largest absolute Gasteiger partial charge is 0.416 e. The van der Waals surface area contributed by atoms with Crippen LogP contribution in [0.5, 0.6) is 0 Å². The lowest BCUT2D eigenvalue weighted by Crippen LogP contribution is -2.17. The maximum atomic E-state index is 13.0. The van der Waals surface area contributed by atoms with Crippen LogP contribution < -0.4 is 5.32 Å². The van der Waals surface area contributed by atoms with Gasteiger partial charge in [-0.15, -0.1) is 0 Å². The van der Waals surface area contributed by atoms with E-state index in [1.165, 1.54) is 0 Å². The summed E-state index contributed by atoms with van der Waals surface area (Å²) in [6.07, 6.45) is -9.89. The number of benzene rings is 2. The Morgan fingerprint density at radius 2 is 1.43 bits per heavy atom. The lowest BCUT2D eigenvalue weighted by atomic mass is 10.0. The Balaban J connectivity index is 1.98. The number of hydrogen-bond donors (Lipinski definition) is 2. The number of anilines is 1. The molecule has 1 heterocycles. The molecular weight excluding hydrogens is 404 g/mol. The number of rotatable bonds is 2. The minimum absolute atomic E-state index is 0.0544. The van der Waals surface area contributed by atoms with Gasteiger partial charge in [-0.2, -0.15) is 26.3 Å². The van der Waals surface area contributed by atoms with Crippen molar-refractivity contribution >= 4 is 34.2 Å². The minimum Gasteiger partial charge on any atom is -0.324 e. The molecule has 0 aliphatic carbocycles. The summed E-state index contributed by atoms with van der Waals surface area (Å²) in [5.41, 5.74) is -0.0414. The predicted molar refractivity (Wildman–Crippen MR) is 97.3 cm³/mol. The second kappa shape index (κ2) is 6.77. The van der Waals surface area contributed by atoms with E-state index in [1.807, 2.05) is 19.9 Å². The highest BCUT2D eigenvalue weighted by molar-refractivity contribution is 7.81. The zero-order valence-electron chi connectivity index (χ0n) is 14.5. The molecule has 0 saturated heterocycles. The average Bonchev–Trinajstić information content (AvgIpc) is 2.94. The summed E-state index contributed by atoms with van der Waals surface area (Å²) in [6.45, 7) is 3.79. The van der Waals surface area contributed by atoms with Gasteiger partial charge in [-0.3, -0.25) is 0 Å². The van der Waals surface area contributed by atoms with Gasteiger partial charge in [0.05, 0.1) is 22.2 Å². The summed E-state index contributed by atoms with van der Waals surface area (Å²) in [5.74, 6) is 0.121. The maximum absolute atomic E-state index is 13.0. The first-order valence-electron chi connectivity index (χ1n) is 7.92. The number of aromatic amines is 1. The van der Waals surface area contributed by atoms with Gasteiger partial charge in [0, 0.05) is 5.56 Å². The monoisotopic (exact) mass is 417 g/mol. The lowest BCUT2D eigenvalue weighted by molar-refractivity contribution is -0.143. The fourth-order valence-corrected chi connectivity index (χ4v) is 2.81. The van der Waals surface area contributed by atoms with Gasteiger partial charge in [-0.25, -0.2) is 4.98 Å². The quantitative estimate of drug-likeness (QED) is 0.397. The van der Waals surface area contributed by atoms with Crippen molar-refractivity contribution in [3.05, 3.63) is 58.1 Å². The fourth-order valence-electron chi connectivity index (χ4n) is 2.59. The molecule has 0 bridgehead atoms. The van der Waals surface area contributed by atoms with Gasteiger partial charge in [0.2, 0.25) is 5.95 Å². The Morgan fingerprint density at radius 3 is 1.96 bits per heavy atom. The molecule has 1 aromatic heterocycles. The number of halogens is 6. The van der Waals surface area contributed by atoms with E-state index in [0.29, 0.717) is 23.2 Å². The van der Waals surface area contributed by atoms with Crippen LogP contribution in [0.15, 0.2) is 30.3 Å². The minimum atomic E-state index is -4.94. The lowest BCUT2D eigenvalue weighted by Gasteiger charge is -2.14. The Labute approximate surface area is 160 Å². The topological polar surface area (TPSA) is 40.7 Å². The normalized spacial score (nSPS) is 12.4. The average molecular weight is 417 g/mol. The van der Waals surface area contributed by atoms with Crippen molar-refractivity contribution in [1.82, 2.24) is 9.97 Å². The van der Waals surface area contributed by atoms with Gasteiger partial charge in [-0.1, -0.05) is 12.2 Å².